The third-order valence-electron chi connectivity index (χ3n) is 2.71. The molecule has 5 nitrogen and oxygen atoms in total. The van der Waals surface area contributed by atoms with Crippen LogP contribution >= 0.6 is 24.0 Å². The molecule has 2 unspecified atom stereocenters. The first-order valence-electron chi connectivity index (χ1n) is 6.93. The van der Waals surface area contributed by atoms with Gasteiger partial charge in [0.1, 0.15) is 17.7 Å². The Morgan fingerprint density at radius 3 is 2.68 bits per heavy atom. The molecule has 1 aromatic rings. The Morgan fingerprint density at radius 2 is 2.09 bits per heavy atom. The molecule has 0 aliphatic rings. The highest BCUT2D eigenvalue weighted by molar-refractivity contribution is 14.0. The Hall–Kier alpha value is -1.09. The van der Waals surface area contributed by atoms with Gasteiger partial charge in [0.15, 0.2) is 5.96 Å². The van der Waals surface area contributed by atoms with E-state index >= 15 is 0 Å². The Morgan fingerprint density at radius 1 is 1.36 bits per heavy atom. The van der Waals surface area contributed by atoms with E-state index in [1.165, 1.54) is 12.1 Å². The summed E-state index contributed by atoms with van der Waals surface area (Å²) in [7, 11) is 3.36. The van der Waals surface area contributed by atoms with Crippen LogP contribution in [0.3, 0.4) is 0 Å². The molecule has 1 rings (SSSR count). The van der Waals surface area contributed by atoms with E-state index in [1.807, 2.05) is 13.8 Å². The van der Waals surface area contributed by atoms with Crippen LogP contribution in [0.2, 0.25) is 0 Å². The normalized spacial score (nSPS) is 13.8. The van der Waals surface area contributed by atoms with Gasteiger partial charge in [0.2, 0.25) is 0 Å². The summed E-state index contributed by atoms with van der Waals surface area (Å²) in [6.45, 7) is 5.05. The maximum Gasteiger partial charge on any atom is 0.191 e. The SMILES string of the molecule is CN=C(NCC(C)Oc1cccc(F)c1)NC(C)COC.I. The van der Waals surface area contributed by atoms with Gasteiger partial charge in [-0.15, -0.1) is 24.0 Å². The number of ether oxygens (including phenoxy) is 2. The maximum atomic E-state index is 13.1. The molecule has 1 aromatic carbocycles. The average Bonchev–Trinajstić information content (AvgIpc) is 2.43. The number of hydrogen-bond donors (Lipinski definition) is 2. The molecule has 2 atom stereocenters. The first-order chi connectivity index (χ1) is 10.0. The van der Waals surface area contributed by atoms with Crippen LogP contribution in [0.1, 0.15) is 13.8 Å². The van der Waals surface area contributed by atoms with E-state index in [1.54, 1.807) is 26.3 Å². The van der Waals surface area contributed by atoms with Gasteiger partial charge in [-0.1, -0.05) is 6.07 Å². The minimum absolute atomic E-state index is 0. The third-order valence-corrected chi connectivity index (χ3v) is 2.71. The predicted octanol–water partition coefficient (Wildman–Crippen LogP) is 2.41. The van der Waals surface area contributed by atoms with Gasteiger partial charge in [-0.2, -0.15) is 0 Å². The number of hydrogen-bond acceptors (Lipinski definition) is 3. The second-order valence-electron chi connectivity index (χ2n) is 4.84. The Labute approximate surface area is 148 Å². The minimum atomic E-state index is -0.307. The van der Waals surface area contributed by atoms with E-state index in [0.29, 0.717) is 24.9 Å². The molecular formula is C15H25FIN3O2. The number of benzene rings is 1. The van der Waals surface area contributed by atoms with Crippen LogP contribution in [0.5, 0.6) is 5.75 Å². The van der Waals surface area contributed by atoms with Crippen molar-refractivity contribution in [2.24, 2.45) is 4.99 Å². The molecule has 0 aliphatic carbocycles. The lowest BCUT2D eigenvalue weighted by Gasteiger charge is -2.20. The fraction of sp³-hybridized carbons (Fsp3) is 0.533. The number of guanidine groups is 1. The summed E-state index contributed by atoms with van der Waals surface area (Å²) < 4.78 is 23.8. The van der Waals surface area contributed by atoms with Crippen molar-refractivity contribution in [3.63, 3.8) is 0 Å². The predicted molar refractivity (Wildman–Crippen MR) is 97.7 cm³/mol. The second kappa shape index (κ2) is 11.5. The van der Waals surface area contributed by atoms with Gasteiger partial charge >= 0.3 is 0 Å². The molecule has 0 bridgehead atoms. The van der Waals surface area contributed by atoms with E-state index in [-0.39, 0.29) is 41.9 Å². The van der Waals surface area contributed by atoms with Crippen LogP contribution in [-0.4, -0.2) is 45.4 Å². The molecule has 0 heterocycles. The molecule has 0 fully saturated rings. The molecule has 2 N–H and O–H groups in total. The lowest BCUT2D eigenvalue weighted by atomic mass is 10.3. The molecule has 0 aromatic heterocycles. The van der Waals surface area contributed by atoms with Crippen LogP contribution in [0.15, 0.2) is 29.3 Å². The number of aliphatic imine (C=N–C) groups is 1. The Balaban J connectivity index is 0.00000441. The summed E-state index contributed by atoms with van der Waals surface area (Å²) in [5.74, 6) is 0.882. The van der Waals surface area contributed by atoms with Gasteiger partial charge in [-0.05, 0) is 26.0 Å². The fourth-order valence-corrected chi connectivity index (χ4v) is 1.77. The highest BCUT2D eigenvalue weighted by Gasteiger charge is 2.08. The second-order valence-corrected chi connectivity index (χ2v) is 4.84. The number of nitrogens with one attached hydrogen (secondary N) is 2. The molecular weight excluding hydrogens is 400 g/mol. The average molecular weight is 425 g/mol. The highest BCUT2D eigenvalue weighted by Crippen LogP contribution is 2.13. The summed E-state index contributed by atoms with van der Waals surface area (Å²) in [5.41, 5.74) is 0. The topological polar surface area (TPSA) is 54.9 Å². The van der Waals surface area contributed by atoms with Gasteiger partial charge in [0, 0.05) is 26.3 Å². The molecule has 7 heteroatoms. The van der Waals surface area contributed by atoms with E-state index in [2.05, 4.69) is 15.6 Å². The van der Waals surface area contributed by atoms with E-state index < -0.39 is 0 Å². The molecule has 0 amide bonds. The van der Waals surface area contributed by atoms with Crippen molar-refractivity contribution in [2.45, 2.75) is 26.0 Å². The summed E-state index contributed by atoms with van der Waals surface area (Å²) >= 11 is 0. The van der Waals surface area contributed by atoms with Crippen molar-refractivity contribution in [3.8, 4) is 5.75 Å². The van der Waals surface area contributed by atoms with Crippen molar-refractivity contribution in [2.75, 3.05) is 27.3 Å². The number of methoxy groups -OCH3 is 1. The van der Waals surface area contributed by atoms with E-state index in [4.69, 9.17) is 9.47 Å². The zero-order chi connectivity index (χ0) is 15.7. The van der Waals surface area contributed by atoms with Crippen molar-refractivity contribution in [1.82, 2.24) is 10.6 Å². The van der Waals surface area contributed by atoms with Gasteiger partial charge < -0.3 is 20.1 Å². The molecule has 126 valence electrons. The van der Waals surface area contributed by atoms with Crippen molar-refractivity contribution >= 4 is 29.9 Å². The van der Waals surface area contributed by atoms with Gasteiger partial charge in [0.05, 0.1) is 13.2 Å². The van der Waals surface area contributed by atoms with Crippen molar-refractivity contribution < 1.29 is 13.9 Å². The number of halogens is 2. The van der Waals surface area contributed by atoms with Gasteiger partial charge in [-0.25, -0.2) is 4.39 Å². The first kappa shape index (κ1) is 20.9. The standard InChI is InChI=1S/C15H24FN3O2.HI/c1-11(10-20-4)19-15(17-3)18-9-12(2)21-14-7-5-6-13(16)8-14;/h5-8,11-12H,9-10H2,1-4H3,(H2,17,18,19);1H. The van der Waals surface area contributed by atoms with Crippen LogP contribution in [0.4, 0.5) is 4.39 Å². The van der Waals surface area contributed by atoms with E-state index in [0.717, 1.165) is 0 Å². The maximum absolute atomic E-state index is 13.1. The van der Waals surface area contributed by atoms with Crippen LogP contribution < -0.4 is 15.4 Å². The monoisotopic (exact) mass is 425 g/mol. The molecule has 0 saturated carbocycles. The van der Waals surface area contributed by atoms with Gasteiger partial charge in [0.25, 0.3) is 0 Å². The largest absolute Gasteiger partial charge is 0.489 e. The third kappa shape index (κ3) is 8.38. The summed E-state index contributed by atoms with van der Waals surface area (Å²) in [6, 6.07) is 6.26. The van der Waals surface area contributed by atoms with Crippen LogP contribution in [0, 0.1) is 5.82 Å². The molecule has 0 spiro atoms. The van der Waals surface area contributed by atoms with Gasteiger partial charge in [-0.3, -0.25) is 4.99 Å². The lowest BCUT2D eigenvalue weighted by Crippen LogP contribution is -2.46. The Bertz CT molecular complexity index is 460. The first-order valence-corrected chi connectivity index (χ1v) is 6.93. The molecule has 0 radical (unpaired) electrons. The summed E-state index contributed by atoms with van der Waals surface area (Å²) in [4.78, 5) is 4.13. The summed E-state index contributed by atoms with van der Waals surface area (Å²) in [6.07, 6.45) is -0.122. The number of nitrogens with zero attached hydrogens (tertiary/aromatic N) is 1. The smallest absolute Gasteiger partial charge is 0.191 e. The summed E-state index contributed by atoms with van der Waals surface area (Å²) in [5, 5.41) is 6.35. The van der Waals surface area contributed by atoms with E-state index in [9.17, 15) is 4.39 Å². The quantitative estimate of drug-likeness (QED) is 0.400. The van der Waals surface area contributed by atoms with Crippen molar-refractivity contribution in [1.29, 1.82) is 0 Å². The fourth-order valence-electron chi connectivity index (χ4n) is 1.77. The lowest BCUT2D eigenvalue weighted by molar-refractivity contribution is 0.178. The van der Waals surface area contributed by atoms with Crippen LogP contribution in [-0.2, 0) is 4.74 Å². The number of rotatable bonds is 7. The molecule has 22 heavy (non-hydrogen) atoms. The molecule has 0 aliphatic heterocycles. The van der Waals surface area contributed by atoms with Crippen LogP contribution in [0.25, 0.3) is 0 Å². The zero-order valence-electron chi connectivity index (χ0n) is 13.4. The van der Waals surface area contributed by atoms with Crippen molar-refractivity contribution in [3.05, 3.63) is 30.1 Å². The minimum Gasteiger partial charge on any atom is -0.489 e. The Kier molecular flexibility index (Phi) is 10.9. The molecule has 0 saturated heterocycles. The highest BCUT2D eigenvalue weighted by atomic mass is 127. The zero-order valence-corrected chi connectivity index (χ0v) is 15.8.